The highest BCUT2D eigenvalue weighted by atomic mass is 19.1. The molecule has 2 saturated heterocycles. The van der Waals surface area contributed by atoms with E-state index in [-0.39, 0.29) is 68.1 Å². The summed E-state index contributed by atoms with van der Waals surface area (Å²) < 4.78 is 59.5. The Bertz CT molecular complexity index is 3040. The van der Waals surface area contributed by atoms with Gasteiger partial charge in [0.05, 0.1) is 61.0 Å². The van der Waals surface area contributed by atoms with Crippen molar-refractivity contribution in [3.8, 4) is 0 Å². The standard InChI is InChI=1S/C62H85F2N7O15/c1-33-22-41-39-12-10-35-24-37(16-18-55(35,7)59(39,63)44(74)26-57(41)61(33,85-57)46(76)31-72)68-70-50(80)29-65-48(78)15-14-43(67-49(79)28-54(5,6)84-21-20-53(3,4)83-9)52(82)66-30-51(81)71-69-38-17-19-56(8)36(25-38)11-13-40-42-23-34(2)62(47(77)32-73)58(42,86-62)27-45(75)60(40,56)64/h16-19,24-25,33-34,39-45,72-75H,10-15,20-23,26-32H2,1-9H3,(H,65,78)(H,66,82)(H,67,79)(H,70,80)(H,71,81)/b68-37+,69-38+/t33-,34+,39+,40-,41+,42-,43-,44+,45-,55+,56-,57-,58+,59+,60-,61+,62-/m0/s1. The number of carbonyl (C=O) groups excluding carboxylic acids is 7. The van der Waals surface area contributed by atoms with E-state index < -0.39 is 153 Å². The highest BCUT2D eigenvalue weighted by Gasteiger charge is 2.89. The van der Waals surface area contributed by atoms with Crippen molar-refractivity contribution in [3.63, 3.8) is 0 Å². The largest absolute Gasteiger partial charge is 0.390 e. The molecule has 472 valence electrons. The van der Waals surface area contributed by atoms with E-state index in [2.05, 4.69) is 37.0 Å². The zero-order valence-electron chi connectivity index (χ0n) is 50.6. The van der Waals surface area contributed by atoms with E-state index in [4.69, 9.17) is 18.9 Å². The molecular weight excluding hydrogens is 1120 g/mol. The molecule has 9 N–H and O–H groups in total. The number of epoxide rings is 2. The minimum atomic E-state index is -2.12. The monoisotopic (exact) mass is 1210 g/mol. The van der Waals surface area contributed by atoms with Gasteiger partial charge in [-0.3, -0.25) is 33.6 Å². The molecule has 22 nitrogen and oxygen atoms in total. The molecule has 8 fully saturated rings. The Hall–Kier alpha value is -5.47. The molecule has 10 rings (SSSR count). The van der Waals surface area contributed by atoms with Crippen LogP contribution in [0.4, 0.5) is 8.78 Å². The van der Waals surface area contributed by atoms with Crippen molar-refractivity contribution < 1.29 is 81.7 Å². The quantitative estimate of drug-likeness (QED) is 0.0556. The van der Waals surface area contributed by atoms with Crippen molar-refractivity contribution in [1.29, 1.82) is 0 Å². The van der Waals surface area contributed by atoms with Gasteiger partial charge in [-0.05, 0) is 141 Å². The van der Waals surface area contributed by atoms with E-state index in [9.17, 15) is 54.0 Å². The van der Waals surface area contributed by atoms with Gasteiger partial charge in [-0.25, -0.2) is 19.6 Å². The second-order valence-electron chi connectivity index (χ2n) is 27.6. The second kappa shape index (κ2) is 22.2. The fourth-order valence-electron chi connectivity index (χ4n) is 17.4. The molecule has 8 aliphatic carbocycles. The highest BCUT2D eigenvalue weighted by molar-refractivity contribution is 6.07. The average molecular weight is 1210 g/mol. The van der Waals surface area contributed by atoms with Crippen molar-refractivity contribution >= 4 is 52.5 Å². The third-order valence-electron chi connectivity index (χ3n) is 22.1. The first kappa shape index (κ1) is 63.5. The molecule has 0 radical (unpaired) electrons. The Labute approximate surface area is 499 Å². The van der Waals surface area contributed by atoms with Crippen LogP contribution in [-0.2, 0) is 52.5 Å². The Morgan fingerprint density at radius 2 is 1.16 bits per heavy atom. The molecule has 10 aliphatic rings. The van der Waals surface area contributed by atoms with Crippen LogP contribution in [0.2, 0.25) is 0 Å². The van der Waals surface area contributed by atoms with E-state index in [0.717, 1.165) is 0 Å². The van der Waals surface area contributed by atoms with Crippen LogP contribution < -0.4 is 26.8 Å². The SMILES string of the molecule is COC(C)(C)CCOC(C)(C)CC(=O)N[C@@H](CCC(=O)NCC(=O)N/N=C1\C=C[C@]2(C)C(=C1)CC[C@@H]1[C@H]3C[C@H](C)[C@]4(C(=O)CO)O[C@@]34C[C@@H](O)[C@]12F)C(=O)NCC(=O)N/N=C1\C=C[C@@]2(C)C(=C1)CC[C@H]1[C@@H]3C[C@@H](C)[C@@]4(C(=O)CO)O[C@]34C[C@H](O)[C@@]12F. The average Bonchev–Trinajstić information content (AvgIpc) is 1.41. The molecule has 0 aromatic carbocycles. The number of methoxy groups -OCH3 is 1. The first-order chi connectivity index (χ1) is 40.3. The summed E-state index contributed by atoms with van der Waals surface area (Å²) in [6, 6.07) is -1.34. The Balaban J connectivity index is 0.729. The predicted molar refractivity (Wildman–Crippen MR) is 306 cm³/mol. The zero-order valence-corrected chi connectivity index (χ0v) is 50.6. The first-order valence-electron chi connectivity index (χ1n) is 30.3. The minimum Gasteiger partial charge on any atom is -0.390 e. The van der Waals surface area contributed by atoms with Crippen molar-refractivity contribution in [3.05, 3.63) is 47.6 Å². The number of halogens is 2. The molecule has 24 heteroatoms. The fraction of sp³-hybridized carbons (Fsp3) is 0.726. The summed E-state index contributed by atoms with van der Waals surface area (Å²) in [5.41, 5.74) is -5.96. The molecule has 5 amide bonds. The van der Waals surface area contributed by atoms with Gasteiger partial charge in [-0.1, -0.05) is 37.1 Å². The Kier molecular flexibility index (Phi) is 16.4. The molecule has 2 spiro atoms. The normalized spacial score (nSPS) is 40.6. The first-order valence-corrected chi connectivity index (χ1v) is 30.3. The summed E-state index contributed by atoms with van der Waals surface area (Å²) in [7, 11) is 1.58. The lowest BCUT2D eigenvalue weighted by molar-refractivity contribution is -0.179. The van der Waals surface area contributed by atoms with Gasteiger partial charge in [-0.2, -0.15) is 10.2 Å². The number of fused-ring (bicyclic) bond motifs is 8. The number of rotatable bonds is 22. The number of nitrogens with one attached hydrogen (secondary N) is 5. The highest BCUT2D eigenvalue weighted by Crippen LogP contribution is 2.78. The lowest BCUT2D eigenvalue weighted by atomic mass is 9.48. The molecule has 6 saturated carbocycles. The van der Waals surface area contributed by atoms with E-state index in [1.807, 2.05) is 27.7 Å². The molecule has 17 atom stereocenters. The number of Topliss-reactive ketones (excluding diaryl/α,β-unsaturated/α-hetero) is 2. The van der Waals surface area contributed by atoms with Crippen LogP contribution in [-0.4, -0.2) is 176 Å². The van der Waals surface area contributed by atoms with Crippen molar-refractivity contribution in [2.75, 3.05) is 40.0 Å². The number of amides is 5. The summed E-state index contributed by atoms with van der Waals surface area (Å²) in [4.78, 5) is 92.7. The van der Waals surface area contributed by atoms with Crippen molar-refractivity contribution in [2.45, 2.75) is 196 Å². The Morgan fingerprint density at radius 1 is 0.698 bits per heavy atom. The minimum absolute atomic E-state index is 0.0817. The maximum atomic E-state index is 17.9. The Morgan fingerprint density at radius 3 is 1.62 bits per heavy atom. The second-order valence-corrected chi connectivity index (χ2v) is 27.6. The van der Waals surface area contributed by atoms with Crippen LogP contribution >= 0.6 is 0 Å². The third kappa shape index (κ3) is 9.79. The van der Waals surface area contributed by atoms with E-state index in [1.165, 1.54) is 0 Å². The van der Waals surface area contributed by atoms with E-state index in [0.29, 0.717) is 61.8 Å². The smallest absolute Gasteiger partial charge is 0.259 e. The van der Waals surface area contributed by atoms with Crippen LogP contribution in [0.15, 0.2) is 57.8 Å². The maximum absolute atomic E-state index is 17.9. The van der Waals surface area contributed by atoms with Crippen LogP contribution in [0.25, 0.3) is 0 Å². The van der Waals surface area contributed by atoms with Gasteiger partial charge in [0.1, 0.15) is 30.5 Å². The topological polar surface area (TPSA) is 329 Å². The number of allylic oxidation sites excluding steroid dienone is 8. The summed E-state index contributed by atoms with van der Waals surface area (Å²) in [5, 5.41) is 58.9. The molecule has 0 aromatic heterocycles. The van der Waals surface area contributed by atoms with Gasteiger partial charge in [0.2, 0.25) is 17.7 Å². The number of ether oxygens (including phenoxy) is 4. The van der Waals surface area contributed by atoms with Crippen molar-refractivity contribution in [2.24, 2.45) is 56.5 Å². The number of alkyl halides is 2. The molecular formula is C62H85F2N7O15. The number of hydrogen-bond donors (Lipinski definition) is 9. The van der Waals surface area contributed by atoms with E-state index >= 15 is 8.78 Å². The summed E-state index contributed by atoms with van der Waals surface area (Å²) in [6.07, 6.45) is 9.02. The summed E-state index contributed by atoms with van der Waals surface area (Å²) >= 11 is 0. The van der Waals surface area contributed by atoms with Crippen LogP contribution in [0, 0.1) is 46.3 Å². The zero-order chi connectivity index (χ0) is 62.6. The fourth-order valence-corrected chi connectivity index (χ4v) is 17.4. The number of aliphatic hydroxyl groups excluding tert-OH is 4. The number of hydrogen-bond acceptors (Lipinski definition) is 17. The van der Waals surface area contributed by atoms with Crippen LogP contribution in [0.3, 0.4) is 0 Å². The van der Waals surface area contributed by atoms with Crippen LogP contribution in [0.5, 0.6) is 0 Å². The van der Waals surface area contributed by atoms with Crippen LogP contribution in [0.1, 0.15) is 132 Å². The van der Waals surface area contributed by atoms with Gasteiger partial charge in [-0.15, -0.1) is 0 Å². The summed E-state index contributed by atoms with van der Waals surface area (Å²) in [6.45, 7) is 12.2. The number of nitrogens with zero attached hydrogens (tertiary/aromatic N) is 2. The van der Waals surface area contributed by atoms with Gasteiger partial charge in [0, 0.05) is 49.0 Å². The maximum Gasteiger partial charge on any atom is 0.259 e. The van der Waals surface area contributed by atoms with Gasteiger partial charge >= 0.3 is 0 Å². The molecule has 0 bridgehead atoms. The molecule has 86 heavy (non-hydrogen) atoms. The lowest BCUT2D eigenvalue weighted by Crippen LogP contribution is -2.66. The molecule has 2 heterocycles. The molecule has 0 aromatic rings. The van der Waals surface area contributed by atoms with Gasteiger partial charge in [0.25, 0.3) is 11.8 Å². The third-order valence-corrected chi connectivity index (χ3v) is 22.1. The predicted octanol–water partition coefficient (Wildman–Crippen LogP) is 2.65. The summed E-state index contributed by atoms with van der Waals surface area (Å²) in [5.74, 6) is -6.83. The molecule has 2 aliphatic heterocycles. The lowest BCUT2D eigenvalue weighted by Gasteiger charge is -2.59. The van der Waals surface area contributed by atoms with Gasteiger partial charge in [0.15, 0.2) is 34.1 Å². The number of aliphatic hydroxyl groups is 4. The molecule has 0 unspecified atom stereocenters. The van der Waals surface area contributed by atoms with E-state index in [1.54, 1.807) is 71.3 Å². The number of carbonyl (C=O) groups is 7. The van der Waals surface area contributed by atoms with Gasteiger partial charge < -0.3 is 55.3 Å². The number of ketones is 2. The number of hydrazone groups is 2. The van der Waals surface area contributed by atoms with Crippen molar-refractivity contribution in [1.82, 2.24) is 26.8 Å².